The molecule has 0 atom stereocenters. The number of piperazine rings is 1. The molecule has 3 aromatic carbocycles. The lowest BCUT2D eigenvalue weighted by atomic mass is 9.91. The average molecular weight is 555 g/mol. The molecule has 1 aliphatic heterocycles. The minimum absolute atomic E-state index is 0.113. The summed E-state index contributed by atoms with van der Waals surface area (Å²) in [4.78, 5) is 7.01. The number of nitrogens with zero attached hydrogens (tertiary/aromatic N) is 4. The molecule has 0 unspecified atom stereocenters. The molecule has 206 valence electrons. The number of fused-ring (bicyclic) bond motifs is 1. The van der Waals surface area contributed by atoms with E-state index in [0.29, 0.717) is 44.7 Å². The van der Waals surface area contributed by atoms with Gasteiger partial charge < -0.3 is 15.3 Å². The molecule has 0 bridgehead atoms. The smallest absolute Gasteiger partial charge is 0.392 e. The van der Waals surface area contributed by atoms with Gasteiger partial charge >= 0.3 is 6.18 Å². The molecule has 10 heteroatoms. The molecule has 1 saturated heterocycles. The Morgan fingerprint density at radius 2 is 1.51 bits per heavy atom. The van der Waals surface area contributed by atoms with Crippen LogP contribution in [0.3, 0.4) is 0 Å². The van der Waals surface area contributed by atoms with Crippen molar-refractivity contribution in [3.05, 3.63) is 89.5 Å². The second-order valence-electron chi connectivity index (χ2n) is 9.83. The number of benzene rings is 3. The van der Waals surface area contributed by atoms with E-state index in [1.807, 2.05) is 24.3 Å². The predicted molar refractivity (Wildman–Crippen MR) is 151 cm³/mol. The predicted octanol–water partition coefficient (Wildman–Crippen LogP) is 5.75. The van der Waals surface area contributed by atoms with Crippen LogP contribution >= 0.6 is 0 Å². The minimum Gasteiger partial charge on any atom is -0.392 e. The number of aromatic nitrogens is 3. The van der Waals surface area contributed by atoms with Crippen LogP contribution in [0.4, 0.5) is 18.9 Å². The van der Waals surface area contributed by atoms with Crippen LogP contribution in [0.2, 0.25) is 0 Å². The number of halogens is 3. The minimum atomic E-state index is -4.46. The van der Waals surface area contributed by atoms with Crippen molar-refractivity contribution in [1.82, 2.24) is 20.5 Å². The summed E-state index contributed by atoms with van der Waals surface area (Å²) in [6, 6.07) is 22.2. The number of hydrogen-bond donors (Lipinski definition) is 3. The van der Waals surface area contributed by atoms with Gasteiger partial charge in [-0.25, -0.2) is 4.98 Å². The van der Waals surface area contributed by atoms with Crippen LogP contribution in [-0.4, -0.2) is 46.5 Å². The molecule has 6 rings (SSSR count). The Balaban J connectivity index is 1.56. The summed E-state index contributed by atoms with van der Waals surface area (Å²) in [6.45, 7) is 3.45. The fourth-order valence-electron chi connectivity index (χ4n) is 5.23. The molecule has 1 fully saturated rings. The van der Waals surface area contributed by atoms with Crippen LogP contribution in [0.25, 0.3) is 44.7 Å². The molecule has 0 radical (unpaired) electrons. The first-order valence-electron chi connectivity index (χ1n) is 13.1. The summed E-state index contributed by atoms with van der Waals surface area (Å²) in [5, 5.41) is 31.2. The number of nitriles is 1. The Bertz CT molecular complexity index is 1730. The maximum Gasteiger partial charge on any atom is 0.416 e. The van der Waals surface area contributed by atoms with E-state index >= 15 is 0 Å². The Hall–Kier alpha value is -4.72. The highest BCUT2D eigenvalue weighted by Gasteiger charge is 2.30. The highest BCUT2D eigenvalue weighted by atomic mass is 19.4. The summed E-state index contributed by atoms with van der Waals surface area (Å²) in [7, 11) is 0. The van der Waals surface area contributed by atoms with Crippen molar-refractivity contribution in [3.63, 3.8) is 0 Å². The van der Waals surface area contributed by atoms with Gasteiger partial charge in [-0.05, 0) is 35.4 Å². The second kappa shape index (κ2) is 10.7. The Morgan fingerprint density at radius 3 is 2.12 bits per heavy atom. The number of aliphatic hydroxyl groups excluding tert-OH is 1. The molecule has 7 nitrogen and oxygen atoms in total. The normalized spacial score (nSPS) is 13.9. The Labute approximate surface area is 233 Å². The van der Waals surface area contributed by atoms with Crippen molar-refractivity contribution >= 4 is 16.7 Å². The summed E-state index contributed by atoms with van der Waals surface area (Å²) in [5.74, 6) is 0. The third-order valence-electron chi connectivity index (χ3n) is 7.36. The summed E-state index contributed by atoms with van der Waals surface area (Å²) < 4.78 is 39.7. The third kappa shape index (κ3) is 5.01. The number of nitrogens with one attached hydrogen (secondary N) is 2. The highest BCUT2D eigenvalue weighted by molar-refractivity contribution is 6.06. The van der Waals surface area contributed by atoms with Crippen molar-refractivity contribution < 1.29 is 18.3 Å². The van der Waals surface area contributed by atoms with E-state index in [-0.39, 0.29) is 6.61 Å². The number of anilines is 1. The molecule has 3 heterocycles. The van der Waals surface area contributed by atoms with Crippen molar-refractivity contribution in [2.45, 2.75) is 12.8 Å². The van der Waals surface area contributed by atoms with Gasteiger partial charge in [-0.1, -0.05) is 48.5 Å². The van der Waals surface area contributed by atoms with E-state index in [9.17, 15) is 23.5 Å². The zero-order valence-electron chi connectivity index (χ0n) is 21.8. The van der Waals surface area contributed by atoms with Gasteiger partial charge in [0.05, 0.1) is 34.5 Å². The molecule has 0 saturated carbocycles. The highest BCUT2D eigenvalue weighted by Crippen LogP contribution is 2.41. The zero-order valence-corrected chi connectivity index (χ0v) is 21.8. The largest absolute Gasteiger partial charge is 0.416 e. The van der Waals surface area contributed by atoms with Gasteiger partial charge in [0, 0.05) is 48.6 Å². The molecular weight excluding hydrogens is 529 g/mol. The third-order valence-corrected chi connectivity index (χ3v) is 7.36. The molecule has 0 amide bonds. The topological polar surface area (TPSA) is 101 Å². The standard InChI is InChI=1S/C31H25F3N6O/c32-31(33,34)23-9-5-22(6-10-23)29-27-26(20-7-11-24(12-8-20)40-15-13-36-14-16-40)25(17-35)28(37-30(27)39-38-29)21-3-1-19(18-41)2-4-21/h1-12,36,41H,13-16,18H2,(H,37,38,39). The molecule has 0 aliphatic carbocycles. The molecule has 1 aliphatic rings. The van der Waals surface area contributed by atoms with Crippen LogP contribution in [0.1, 0.15) is 16.7 Å². The lowest BCUT2D eigenvalue weighted by Crippen LogP contribution is -2.43. The first-order valence-corrected chi connectivity index (χ1v) is 13.1. The van der Waals surface area contributed by atoms with Crippen LogP contribution in [0.5, 0.6) is 0 Å². The van der Waals surface area contributed by atoms with Crippen LogP contribution in [0, 0.1) is 11.3 Å². The number of aliphatic hydroxyl groups is 1. The van der Waals surface area contributed by atoms with E-state index in [0.717, 1.165) is 55.1 Å². The number of alkyl halides is 3. The van der Waals surface area contributed by atoms with Crippen molar-refractivity contribution in [2.75, 3.05) is 31.1 Å². The number of rotatable bonds is 5. The lowest BCUT2D eigenvalue weighted by molar-refractivity contribution is -0.137. The first kappa shape index (κ1) is 26.5. The van der Waals surface area contributed by atoms with Crippen molar-refractivity contribution in [1.29, 1.82) is 5.26 Å². The fourth-order valence-corrected chi connectivity index (χ4v) is 5.23. The quantitative estimate of drug-likeness (QED) is 0.256. The SMILES string of the molecule is N#Cc1c(-c2ccc(CO)cc2)nc2n[nH]c(-c3ccc(C(F)(F)F)cc3)c2c1-c1ccc(N2CCNCC2)cc1. The maximum atomic E-state index is 13.2. The van der Waals surface area contributed by atoms with Gasteiger partial charge in [0.25, 0.3) is 0 Å². The number of pyridine rings is 1. The molecule has 0 spiro atoms. The fraction of sp³-hybridized carbons (Fsp3) is 0.194. The average Bonchev–Trinajstić information content (AvgIpc) is 3.44. The molecule has 2 aromatic heterocycles. The van der Waals surface area contributed by atoms with Gasteiger partial charge in [-0.3, -0.25) is 5.10 Å². The van der Waals surface area contributed by atoms with Gasteiger partial charge in [0.2, 0.25) is 0 Å². The number of H-pyrrole nitrogens is 1. The lowest BCUT2D eigenvalue weighted by Gasteiger charge is -2.29. The van der Waals surface area contributed by atoms with Crippen molar-refractivity contribution in [3.8, 4) is 39.7 Å². The van der Waals surface area contributed by atoms with E-state index in [2.05, 4.69) is 26.5 Å². The Morgan fingerprint density at radius 1 is 0.878 bits per heavy atom. The summed E-state index contributed by atoms with van der Waals surface area (Å²) in [6.07, 6.45) is -4.46. The first-order chi connectivity index (χ1) is 19.9. The van der Waals surface area contributed by atoms with Crippen LogP contribution < -0.4 is 10.2 Å². The van der Waals surface area contributed by atoms with E-state index < -0.39 is 11.7 Å². The van der Waals surface area contributed by atoms with Gasteiger partial charge in [0.15, 0.2) is 5.65 Å². The summed E-state index contributed by atoms with van der Waals surface area (Å²) in [5.41, 5.74) is 5.11. The molecule has 41 heavy (non-hydrogen) atoms. The Kier molecular flexibility index (Phi) is 6.91. The van der Waals surface area contributed by atoms with E-state index in [4.69, 9.17) is 4.98 Å². The van der Waals surface area contributed by atoms with Crippen LogP contribution in [0.15, 0.2) is 72.8 Å². The molecule has 5 aromatic rings. The van der Waals surface area contributed by atoms with E-state index in [1.165, 1.54) is 12.1 Å². The number of aromatic amines is 1. The zero-order chi connectivity index (χ0) is 28.6. The van der Waals surface area contributed by atoms with Gasteiger partial charge in [-0.15, -0.1) is 0 Å². The van der Waals surface area contributed by atoms with E-state index in [1.54, 1.807) is 24.3 Å². The van der Waals surface area contributed by atoms with Crippen molar-refractivity contribution in [2.24, 2.45) is 0 Å². The second-order valence-corrected chi connectivity index (χ2v) is 9.83. The van der Waals surface area contributed by atoms with Crippen LogP contribution in [-0.2, 0) is 12.8 Å². The van der Waals surface area contributed by atoms with Gasteiger partial charge in [0.1, 0.15) is 6.07 Å². The molecular formula is C31H25F3N6O. The number of hydrogen-bond acceptors (Lipinski definition) is 6. The van der Waals surface area contributed by atoms with Gasteiger partial charge in [-0.2, -0.15) is 23.5 Å². The monoisotopic (exact) mass is 554 g/mol. The maximum absolute atomic E-state index is 13.2. The molecule has 3 N–H and O–H groups in total. The summed E-state index contributed by atoms with van der Waals surface area (Å²) >= 11 is 0.